The number of fused-ring (bicyclic) bond motifs is 1. The van der Waals surface area contributed by atoms with E-state index in [0.29, 0.717) is 12.0 Å². The fourth-order valence-corrected chi connectivity index (χ4v) is 4.43. The largest absolute Gasteiger partial charge is 0.326 e. The van der Waals surface area contributed by atoms with Crippen molar-refractivity contribution in [1.29, 1.82) is 0 Å². The van der Waals surface area contributed by atoms with Crippen LogP contribution in [0.5, 0.6) is 0 Å². The predicted octanol–water partition coefficient (Wildman–Crippen LogP) is 4.40. The molecule has 1 aliphatic rings. The molecule has 0 fully saturated rings. The highest BCUT2D eigenvalue weighted by atomic mass is 35.5. The third kappa shape index (κ3) is 2.40. The number of thiophene rings is 1. The van der Waals surface area contributed by atoms with E-state index in [4.69, 9.17) is 17.3 Å². The average molecular weight is 272 g/mol. The van der Waals surface area contributed by atoms with Crippen LogP contribution in [0.15, 0.2) is 0 Å². The van der Waals surface area contributed by atoms with Crippen LogP contribution in [0.4, 0.5) is 0 Å². The second-order valence-electron chi connectivity index (χ2n) is 5.74. The molecule has 2 N–H and O–H groups in total. The molecule has 1 aromatic rings. The average Bonchev–Trinajstić information content (AvgIpc) is 2.63. The van der Waals surface area contributed by atoms with Gasteiger partial charge in [0.2, 0.25) is 0 Å². The van der Waals surface area contributed by atoms with E-state index in [1.165, 1.54) is 41.7 Å². The molecule has 0 saturated heterocycles. The highest BCUT2D eigenvalue weighted by Crippen LogP contribution is 2.44. The lowest BCUT2D eigenvalue weighted by Gasteiger charge is -2.36. The summed E-state index contributed by atoms with van der Waals surface area (Å²) in [6.45, 7) is 7.66. The Morgan fingerprint density at radius 1 is 1.47 bits per heavy atom. The monoisotopic (exact) mass is 271 g/mol. The normalized spacial score (nSPS) is 20.4. The number of halogens is 1. The number of hydrogen-bond acceptors (Lipinski definition) is 2. The minimum Gasteiger partial charge on any atom is -0.326 e. The zero-order valence-corrected chi connectivity index (χ0v) is 12.5. The van der Waals surface area contributed by atoms with Crippen molar-refractivity contribution in [2.24, 2.45) is 17.1 Å². The van der Waals surface area contributed by atoms with E-state index >= 15 is 0 Å². The molecule has 0 amide bonds. The molecule has 1 atom stereocenters. The highest BCUT2D eigenvalue weighted by molar-refractivity contribution is 7.16. The topological polar surface area (TPSA) is 26.0 Å². The van der Waals surface area contributed by atoms with Crippen LogP contribution < -0.4 is 5.73 Å². The van der Waals surface area contributed by atoms with Gasteiger partial charge in [-0.05, 0) is 41.7 Å². The van der Waals surface area contributed by atoms with Gasteiger partial charge in [0.15, 0.2) is 0 Å². The van der Waals surface area contributed by atoms with Gasteiger partial charge in [-0.1, -0.05) is 38.8 Å². The van der Waals surface area contributed by atoms with Crippen molar-refractivity contribution >= 4 is 22.9 Å². The Labute approximate surface area is 113 Å². The van der Waals surface area contributed by atoms with Crippen molar-refractivity contribution in [3.8, 4) is 0 Å². The van der Waals surface area contributed by atoms with Crippen molar-refractivity contribution in [2.75, 3.05) is 0 Å². The molecule has 1 nitrogen and oxygen atoms in total. The third-order valence-corrected chi connectivity index (χ3v) is 6.09. The van der Waals surface area contributed by atoms with E-state index in [1.807, 2.05) is 0 Å². The quantitative estimate of drug-likeness (QED) is 0.866. The Kier molecular flexibility index (Phi) is 3.86. The Morgan fingerprint density at radius 3 is 2.76 bits per heavy atom. The summed E-state index contributed by atoms with van der Waals surface area (Å²) in [6, 6.07) is 0. The van der Waals surface area contributed by atoms with Crippen LogP contribution in [0.3, 0.4) is 0 Å². The van der Waals surface area contributed by atoms with E-state index in [2.05, 4.69) is 20.8 Å². The smallest absolute Gasteiger partial charge is 0.0978 e. The number of nitrogens with two attached hydrogens (primary N) is 1. The molecule has 1 unspecified atom stereocenters. The molecule has 0 spiro atoms. The first-order valence-electron chi connectivity index (χ1n) is 6.48. The Balaban J connectivity index is 2.26. The van der Waals surface area contributed by atoms with E-state index in [1.54, 1.807) is 11.3 Å². The van der Waals surface area contributed by atoms with Gasteiger partial charge in [-0.3, -0.25) is 0 Å². The van der Waals surface area contributed by atoms with Gasteiger partial charge in [0.25, 0.3) is 0 Å². The predicted molar refractivity (Wildman–Crippen MR) is 76.8 cm³/mol. The van der Waals surface area contributed by atoms with Gasteiger partial charge in [-0.2, -0.15) is 0 Å². The summed E-state index contributed by atoms with van der Waals surface area (Å²) < 4.78 is 0.924. The molecule has 1 heterocycles. The molecule has 0 saturated carbocycles. The third-order valence-electron chi connectivity index (χ3n) is 4.55. The molecule has 17 heavy (non-hydrogen) atoms. The summed E-state index contributed by atoms with van der Waals surface area (Å²) in [5.74, 6) is 0.792. The summed E-state index contributed by atoms with van der Waals surface area (Å²) in [5.41, 5.74) is 8.90. The van der Waals surface area contributed by atoms with Crippen molar-refractivity contribution in [3.63, 3.8) is 0 Å². The first kappa shape index (κ1) is 13.4. The molecule has 1 aliphatic carbocycles. The Morgan fingerprint density at radius 2 is 2.18 bits per heavy atom. The Hall–Kier alpha value is -0.0500. The molecule has 2 rings (SSSR count). The second kappa shape index (κ2) is 4.91. The van der Waals surface area contributed by atoms with Crippen LogP contribution >= 0.6 is 22.9 Å². The van der Waals surface area contributed by atoms with Gasteiger partial charge in [0.1, 0.15) is 0 Å². The Bertz CT molecular complexity index is 409. The lowest BCUT2D eigenvalue weighted by Crippen LogP contribution is -2.28. The molecular formula is C14H22ClNS. The standard InChI is InChI=1S/C14H22ClNS/c1-4-14(2,3)9-5-6-10-11(8-16)13(15)17-12(10)7-9/h9H,4-8,16H2,1-3H3. The van der Waals surface area contributed by atoms with Crippen LogP contribution in [-0.2, 0) is 19.4 Å². The van der Waals surface area contributed by atoms with Crippen LogP contribution in [0, 0.1) is 11.3 Å². The number of rotatable bonds is 3. The van der Waals surface area contributed by atoms with Gasteiger partial charge >= 0.3 is 0 Å². The van der Waals surface area contributed by atoms with Crippen LogP contribution in [-0.4, -0.2) is 0 Å². The van der Waals surface area contributed by atoms with Crippen LogP contribution in [0.25, 0.3) is 0 Å². The minimum atomic E-state index is 0.442. The van der Waals surface area contributed by atoms with E-state index < -0.39 is 0 Å². The maximum absolute atomic E-state index is 6.27. The van der Waals surface area contributed by atoms with Crippen LogP contribution in [0.2, 0.25) is 4.34 Å². The zero-order chi connectivity index (χ0) is 12.6. The molecule has 0 aliphatic heterocycles. The van der Waals surface area contributed by atoms with E-state index in [-0.39, 0.29) is 0 Å². The molecule has 3 heteroatoms. The maximum Gasteiger partial charge on any atom is 0.0978 e. The lowest BCUT2D eigenvalue weighted by molar-refractivity contribution is 0.184. The van der Waals surface area contributed by atoms with Crippen molar-refractivity contribution in [1.82, 2.24) is 0 Å². The minimum absolute atomic E-state index is 0.442. The van der Waals surface area contributed by atoms with Gasteiger partial charge in [0.05, 0.1) is 4.34 Å². The van der Waals surface area contributed by atoms with Gasteiger partial charge in [0, 0.05) is 11.4 Å². The molecule has 1 aromatic heterocycles. The number of hydrogen-bond donors (Lipinski definition) is 1. The summed E-state index contributed by atoms with van der Waals surface area (Å²) >= 11 is 8.03. The van der Waals surface area contributed by atoms with Crippen molar-refractivity contribution < 1.29 is 0 Å². The fourth-order valence-electron chi connectivity index (χ4n) is 2.78. The van der Waals surface area contributed by atoms with E-state index in [0.717, 1.165) is 10.3 Å². The fraction of sp³-hybridized carbons (Fsp3) is 0.714. The maximum atomic E-state index is 6.27. The van der Waals surface area contributed by atoms with Crippen LogP contribution in [0.1, 0.15) is 49.6 Å². The van der Waals surface area contributed by atoms with Crippen molar-refractivity contribution in [2.45, 2.75) is 53.0 Å². The summed E-state index contributed by atoms with van der Waals surface area (Å²) in [7, 11) is 0. The zero-order valence-electron chi connectivity index (χ0n) is 11.0. The SMILES string of the molecule is CCC(C)(C)C1CCc2c(sc(Cl)c2CN)C1. The lowest BCUT2D eigenvalue weighted by atomic mass is 9.69. The molecule has 0 aromatic carbocycles. The second-order valence-corrected chi connectivity index (χ2v) is 7.45. The molecule has 0 bridgehead atoms. The summed E-state index contributed by atoms with van der Waals surface area (Å²) in [6.07, 6.45) is 4.89. The van der Waals surface area contributed by atoms with E-state index in [9.17, 15) is 0 Å². The first-order chi connectivity index (χ1) is 7.99. The first-order valence-corrected chi connectivity index (χ1v) is 7.68. The van der Waals surface area contributed by atoms with Gasteiger partial charge in [-0.25, -0.2) is 0 Å². The van der Waals surface area contributed by atoms with Gasteiger partial charge in [-0.15, -0.1) is 11.3 Å². The van der Waals surface area contributed by atoms with Crippen molar-refractivity contribution in [3.05, 3.63) is 20.3 Å². The summed E-state index contributed by atoms with van der Waals surface area (Å²) in [4.78, 5) is 1.49. The summed E-state index contributed by atoms with van der Waals surface area (Å²) in [5, 5.41) is 0. The van der Waals surface area contributed by atoms with Gasteiger partial charge < -0.3 is 5.73 Å². The molecule has 0 radical (unpaired) electrons. The molecular weight excluding hydrogens is 250 g/mol. The highest BCUT2D eigenvalue weighted by Gasteiger charge is 2.33. The molecule has 96 valence electrons.